The van der Waals surface area contributed by atoms with Crippen LogP contribution in [0.2, 0.25) is 0 Å². The van der Waals surface area contributed by atoms with Gasteiger partial charge in [-0.15, -0.1) is 11.3 Å². The maximum Gasteiger partial charge on any atom is 0.0733 e. The highest BCUT2D eigenvalue weighted by atomic mass is 32.1. The molecule has 0 aromatic carbocycles. The highest BCUT2D eigenvalue weighted by molar-refractivity contribution is 7.10. The second-order valence-corrected chi connectivity index (χ2v) is 5.56. The predicted octanol–water partition coefficient (Wildman–Crippen LogP) is 1.90. The Morgan fingerprint density at radius 3 is 2.40 bits per heavy atom. The van der Waals surface area contributed by atoms with E-state index in [4.69, 9.17) is 5.84 Å². The lowest BCUT2D eigenvalue weighted by molar-refractivity contribution is 0.140. The lowest BCUT2D eigenvalue weighted by atomic mass is 9.91. The summed E-state index contributed by atoms with van der Waals surface area (Å²) < 4.78 is 0. The van der Waals surface area contributed by atoms with Gasteiger partial charge in [0.15, 0.2) is 0 Å². The summed E-state index contributed by atoms with van der Waals surface area (Å²) >= 11 is 1.76. The van der Waals surface area contributed by atoms with E-state index in [1.54, 1.807) is 11.3 Å². The minimum Gasteiger partial charge on any atom is -0.302 e. The molecule has 1 unspecified atom stereocenters. The average Bonchev–Trinajstić information content (AvgIpc) is 2.53. The highest BCUT2D eigenvalue weighted by Gasteiger charge is 2.33. The predicted molar refractivity (Wildman–Crippen MR) is 66.9 cm³/mol. The number of thiophene rings is 1. The molecule has 0 spiro atoms. The van der Waals surface area contributed by atoms with Gasteiger partial charge in [0.1, 0.15) is 0 Å². The van der Waals surface area contributed by atoms with Crippen LogP contribution in [0.25, 0.3) is 0 Å². The first-order valence-corrected chi connectivity index (χ1v) is 5.96. The van der Waals surface area contributed by atoms with Gasteiger partial charge < -0.3 is 4.90 Å². The highest BCUT2D eigenvalue weighted by Crippen LogP contribution is 2.33. The molecule has 1 atom stereocenters. The lowest BCUT2D eigenvalue weighted by Gasteiger charge is -2.39. The van der Waals surface area contributed by atoms with E-state index in [0.29, 0.717) is 0 Å². The molecule has 3 N–H and O–H groups in total. The Balaban J connectivity index is 3.04. The quantitative estimate of drug-likeness (QED) is 0.610. The van der Waals surface area contributed by atoms with Gasteiger partial charge in [-0.25, -0.2) is 0 Å². The summed E-state index contributed by atoms with van der Waals surface area (Å²) in [5, 5.41) is 2.11. The maximum atomic E-state index is 5.69. The third-order valence-corrected chi connectivity index (χ3v) is 4.27. The van der Waals surface area contributed by atoms with Crippen LogP contribution in [0.4, 0.5) is 0 Å². The number of rotatable bonds is 4. The van der Waals surface area contributed by atoms with Crippen molar-refractivity contribution in [2.24, 2.45) is 5.84 Å². The van der Waals surface area contributed by atoms with Crippen molar-refractivity contribution in [3.63, 3.8) is 0 Å². The fraction of sp³-hybridized carbons (Fsp3) is 0.636. The molecule has 0 fully saturated rings. The molecule has 0 amide bonds. The first-order chi connectivity index (χ1) is 6.91. The maximum absolute atomic E-state index is 5.69. The standard InChI is InChI=1S/C11H21N3S/c1-8-6-7-15-9(8)10(13-12)11(2,3)14(4)5/h6-7,10,13H,12H2,1-5H3. The Bertz CT molecular complexity index is 317. The Labute approximate surface area is 96.2 Å². The summed E-state index contributed by atoms with van der Waals surface area (Å²) in [4.78, 5) is 3.51. The van der Waals surface area contributed by atoms with Gasteiger partial charge in [0.05, 0.1) is 6.04 Å². The molecule has 0 saturated heterocycles. The van der Waals surface area contributed by atoms with Crippen LogP contribution in [-0.2, 0) is 0 Å². The minimum absolute atomic E-state index is 0.00956. The number of hydrogen-bond donors (Lipinski definition) is 2. The van der Waals surface area contributed by atoms with Gasteiger partial charge in [0.2, 0.25) is 0 Å². The van der Waals surface area contributed by atoms with Gasteiger partial charge in [0.25, 0.3) is 0 Å². The van der Waals surface area contributed by atoms with Crippen LogP contribution in [0.15, 0.2) is 11.4 Å². The Morgan fingerprint density at radius 2 is 2.07 bits per heavy atom. The second kappa shape index (κ2) is 4.61. The zero-order chi connectivity index (χ0) is 11.6. The second-order valence-electron chi connectivity index (χ2n) is 4.62. The summed E-state index contributed by atoms with van der Waals surface area (Å²) in [7, 11) is 4.15. The Kier molecular flexibility index (Phi) is 3.89. The molecule has 3 nitrogen and oxygen atoms in total. The molecule has 15 heavy (non-hydrogen) atoms. The fourth-order valence-corrected chi connectivity index (χ4v) is 2.70. The van der Waals surface area contributed by atoms with E-state index < -0.39 is 0 Å². The Morgan fingerprint density at radius 1 is 1.47 bits per heavy atom. The number of nitrogens with two attached hydrogens (primary N) is 1. The lowest BCUT2D eigenvalue weighted by Crippen LogP contribution is -2.51. The first-order valence-electron chi connectivity index (χ1n) is 5.08. The fourth-order valence-electron chi connectivity index (χ4n) is 1.54. The van der Waals surface area contributed by atoms with Crippen molar-refractivity contribution in [1.82, 2.24) is 10.3 Å². The zero-order valence-corrected chi connectivity index (χ0v) is 11.0. The molecule has 86 valence electrons. The summed E-state index contributed by atoms with van der Waals surface area (Å²) in [6.45, 7) is 6.51. The van der Waals surface area contributed by atoms with E-state index in [2.05, 4.69) is 56.6 Å². The Hall–Kier alpha value is -0.420. The van der Waals surface area contributed by atoms with Gasteiger partial charge in [-0.05, 0) is 51.9 Å². The molecule has 0 aliphatic rings. The van der Waals surface area contributed by atoms with Crippen LogP contribution >= 0.6 is 11.3 Å². The van der Waals surface area contributed by atoms with Gasteiger partial charge in [0, 0.05) is 10.4 Å². The van der Waals surface area contributed by atoms with Crippen LogP contribution in [-0.4, -0.2) is 24.5 Å². The van der Waals surface area contributed by atoms with Gasteiger partial charge in [-0.2, -0.15) is 0 Å². The van der Waals surface area contributed by atoms with E-state index in [1.807, 2.05) is 0 Å². The molecule has 4 heteroatoms. The van der Waals surface area contributed by atoms with Crippen molar-refractivity contribution in [1.29, 1.82) is 0 Å². The third-order valence-electron chi connectivity index (χ3n) is 3.19. The molecule has 0 aliphatic carbocycles. The van der Waals surface area contributed by atoms with Crippen molar-refractivity contribution in [2.75, 3.05) is 14.1 Å². The van der Waals surface area contributed by atoms with Crippen LogP contribution in [0.3, 0.4) is 0 Å². The topological polar surface area (TPSA) is 41.3 Å². The first kappa shape index (κ1) is 12.6. The number of aryl methyl sites for hydroxylation is 1. The van der Waals surface area contributed by atoms with Crippen molar-refractivity contribution in [3.05, 3.63) is 21.9 Å². The minimum atomic E-state index is -0.00956. The number of hydrazine groups is 1. The molecule has 0 bridgehead atoms. The normalized spacial score (nSPS) is 14.6. The van der Waals surface area contributed by atoms with Crippen LogP contribution < -0.4 is 11.3 Å². The van der Waals surface area contributed by atoms with Crippen molar-refractivity contribution >= 4 is 11.3 Å². The van der Waals surface area contributed by atoms with Crippen molar-refractivity contribution in [3.8, 4) is 0 Å². The number of nitrogens with zero attached hydrogens (tertiary/aromatic N) is 1. The van der Waals surface area contributed by atoms with Crippen LogP contribution in [0.5, 0.6) is 0 Å². The molecule has 0 radical (unpaired) electrons. The third kappa shape index (κ3) is 2.39. The number of likely N-dealkylation sites (N-methyl/N-ethyl adjacent to an activating group) is 1. The molecule has 1 aromatic heterocycles. The zero-order valence-electron chi connectivity index (χ0n) is 10.2. The van der Waals surface area contributed by atoms with Gasteiger partial charge >= 0.3 is 0 Å². The summed E-state index contributed by atoms with van der Waals surface area (Å²) in [6.07, 6.45) is 0. The molecule has 0 aliphatic heterocycles. The van der Waals surface area contributed by atoms with E-state index in [9.17, 15) is 0 Å². The van der Waals surface area contributed by atoms with E-state index in [0.717, 1.165) is 0 Å². The van der Waals surface area contributed by atoms with Crippen molar-refractivity contribution in [2.45, 2.75) is 32.4 Å². The van der Waals surface area contributed by atoms with E-state index in [1.165, 1.54) is 10.4 Å². The molecule has 0 saturated carbocycles. The summed E-state index contributed by atoms with van der Waals surface area (Å²) in [5.74, 6) is 5.69. The molecule has 1 aromatic rings. The molecule has 1 heterocycles. The van der Waals surface area contributed by atoms with Crippen LogP contribution in [0.1, 0.15) is 30.3 Å². The molecular weight excluding hydrogens is 206 g/mol. The molecule has 1 rings (SSSR count). The van der Waals surface area contributed by atoms with Gasteiger partial charge in [-0.1, -0.05) is 0 Å². The molecular formula is C11H21N3S. The van der Waals surface area contributed by atoms with E-state index >= 15 is 0 Å². The summed E-state index contributed by atoms with van der Waals surface area (Å²) in [6, 6.07) is 2.29. The van der Waals surface area contributed by atoms with Crippen molar-refractivity contribution < 1.29 is 0 Å². The number of nitrogens with one attached hydrogen (secondary N) is 1. The average molecular weight is 227 g/mol. The largest absolute Gasteiger partial charge is 0.302 e. The monoisotopic (exact) mass is 227 g/mol. The number of hydrogen-bond acceptors (Lipinski definition) is 4. The smallest absolute Gasteiger partial charge is 0.0733 e. The van der Waals surface area contributed by atoms with Gasteiger partial charge in [-0.3, -0.25) is 11.3 Å². The van der Waals surface area contributed by atoms with Crippen LogP contribution in [0, 0.1) is 6.92 Å². The SMILES string of the molecule is Cc1ccsc1C(NN)C(C)(C)N(C)C. The summed E-state index contributed by atoms with van der Waals surface area (Å²) in [5.41, 5.74) is 4.23. The van der Waals surface area contributed by atoms with E-state index in [-0.39, 0.29) is 11.6 Å².